The Labute approximate surface area is 128 Å². The van der Waals surface area contributed by atoms with E-state index in [0.717, 1.165) is 28.7 Å². The van der Waals surface area contributed by atoms with E-state index in [1.807, 2.05) is 25.1 Å². The fourth-order valence-corrected chi connectivity index (χ4v) is 3.42. The summed E-state index contributed by atoms with van der Waals surface area (Å²) < 4.78 is 0.901. The molecule has 0 spiro atoms. The number of hydrogen-bond acceptors (Lipinski definition) is 3. The van der Waals surface area contributed by atoms with Gasteiger partial charge in [0.2, 0.25) is 5.91 Å². The number of carbonyl (C=O) groups is 1. The van der Waals surface area contributed by atoms with Crippen LogP contribution in [0.4, 0.5) is 5.69 Å². The molecule has 1 unspecified atom stereocenters. The van der Waals surface area contributed by atoms with E-state index >= 15 is 0 Å². The van der Waals surface area contributed by atoms with E-state index in [2.05, 4.69) is 26.1 Å². The highest BCUT2D eigenvalue weighted by Gasteiger charge is 2.39. The van der Waals surface area contributed by atoms with Gasteiger partial charge in [0.15, 0.2) is 0 Å². The molecule has 1 aromatic rings. The molecular formula is C15H21BrN2O2. The molecule has 20 heavy (non-hydrogen) atoms. The lowest BCUT2D eigenvalue weighted by Crippen LogP contribution is -2.39. The maximum absolute atomic E-state index is 11.9. The van der Waals surface area contributed by atoms with Gasteiger partial charge in [0.1, 0.15) is 0 Å². The number of halogens is 1. The van der Waals surface area contributed by atoms with Crippen LogP contribution in [0.2, 0.25) is 0 Å². The van der Waals surface area contributed by atoms with Gasteiger partial charge in [-0.15, -0.1) is 0 Å². The number of amides is 1. The quantitative estimate of drug-likeness (QED) is 0.888. The summed E-state index contributed by atoms with van der Waals surface area (Å²) in [5.41, 5.74) is 1.63. The van der Waals surface area contributed by atoms with E-state index in [-0.39, 0.29) is 11.3 Å². The molecule has 0 aromatic heterocycles. The number of nitrogens with zero attached hydrogens (tertiary/aromatic N) is 1. The molecule has 1 saturated heterocycles. The van der Waals surface area contributed by atoms with Crippen molar-refractivity contribution in [2.75, 3.05) is 25.0 Å². The molecule has 2 N–H and O–H groups in total. The Bertz CT molecular complexity index is 519. The van der Waals surface area contributed by atoms with Gasteiger partial charge in [0.05, 0.1) is 11.5 Å². The van der Waals surface area contributed by atoms with Crippen molar-refractivity contribution < 1.29 is 9.90 Å². The lowest BCUT2D eigenvalue weighted by molar-refractivity contribution is -0.128. The van der Waals surface area contributed by atoms with Crippen molar-refractivity contribution in [2.45, 2.75) is 26.4 Å². The number of nitrogens with one attached hydrogen (secondary N) is 1. The first-order valence-corrected chi connectivity index (χ1v) is 7.61. The Hall–Kier alpha value is -1.07. The molecule has 4 nitrogen and oxygen atoms in total. The van der Waals surface area contributed by atoms with Gasteiger partial charge in [0, 0.05) is 30.3 Å². The van der Waals surface area contributed by atoms with Crippen molar-refractivity contribution >= 4 is 27.5 Å². The molecule has 1 aliphatic heterocycles. The van der Waals surface area contributed by atoms with Crippen LogP contribution in [0.25, 0.3) is 0 Å². The third kappa shape index (κ3) is 2.83. The van der Waals surface area contributed by atoms with Crippen LogP contribution in [-0.4, -0.2) is 31.2 Å². The van der Waals surface area contributed by atoms with Crippen molar-refractivity contribution in [3.05, 3.63) is 28.2 Å². The monoisotopic (exact) mass is 340 g/mol. The van der Waals surface area contributed by atoms with Crippen LogP contribution in [-0.2, 0) is 4.79 Å². The van der Waals surface area contributed by atoms with Gasteiger partial charge >= 0.3 is 0 Å². The zero-order valence-electron chi connectivity index (χ0n) is 12.1. The van der Waals surface area contributed by atoms with E-state index < -0.39 is 6.10 Å². The van der Waals surface area contributed by atoms with Crippen LogP contribution < -0.4 is 10.2 Å². The molecule has 2 atom stereocenters. The van der Waals surface area contributed by atoms with Crippen LogP contribution in [0.15, 0.2) is 22.7 Å². The molecule has 0 saturated carbocycles. The van der Waals surface area contributed by atoms with E-state index in [1.54, 1.807) is 14.0 Å². The first-order chi connectivity index (χ1) is 9.37. The average Bonchev–Trinajstić information content (AvgIpc) is 2.81. The highest BCUT2D eigenvalue weighted by Crippen LogP contribution is 2.35. The van der Waals surface area contributed by atoms with Gasteiger partial charge in [0.25, 0.3) is 0 Å². The number of hydrogen-bond donors (Lipinski definition) is 2. The Morgan fingerprint density at radius 3 is 2.80 bits per heavy atom. The lowest BCUT2D eigenvalue weighted by Gasteiger charge is -2.24. The summed E-state index contributed by atoms with van der Waals surface area (Å²) in [6.07, 6.45) is 0.357. The summed E-state index contributed by atoms with van der Waals surface area (Å²) >= 11 is 3.50. The average molecular weight is 341 g/mol. The Morgan fingerprint density at radius 2 is 2.25 bits per heavy atom. The molecule has 0 bridgehead atoms. The van der Waals surface area contributed by atoms with Gasteiger partial charge in [-0.2, -0.15) is 0 Å². The number of aliphatic hydroxyl groups excluding tert-OH is 1. The first-order valence-electron chi connectivity index (χ1n) is 6.82. The molecule has 1 aromatic carbocycles. The SMILES string of the molecule is CNC(=O)C1(C)CCN(c2ccc([C@H](C)O)c(Br)c2)C1. The standard InChI is InChI=1S/C15H21BrN2O2/c1-10(19)12-5-4-11(8-13(12)16)18-7-6-15(2,9-18)14(20)17-3/h4-5,8,10,19H,6-7,9H2,1-3H3,(H,17,20)/t10-,15?/m0/s1. The minimum atomic E-state index is -0.492. The summed E-state index contributed by atoms with van der Waals surface area (Å²) in [6.45, 7) is 5.33. The molecule has 1 aliphatic rings. The lowest BCUT2D eigenvalue weighted by atomic mass is 9.89. The summed E-state index contributed by atoms with van der Waals surface area (Å²) in [4.78, 5) is 14.2. The molecule has 1 fully saturated rings. The van der Waals surface area contributed by atoms with Crippen molar-refractivity contribution in [2.24, 2.45) is 5.41 Å². The van der Waals surface area contributed by atoms with Crippen LogP contribution >= 0.6 is 15.9 Å². The van der Waals surface area contributed by atoms with Crippen LogP contribution in [0.3, 0.4) is 0 Å². The van der Waals surface area contributed by atoms with Gasteiger partial charge in [-0.3, -0.25) is 4.79 Å². The number of rotatable bonds is 3. The Morgan fingerprint density at radius 1 is 1.55 bits per heavy atom. The van der Waals surface area contributed by atoms with Crippen LogP contribution in [0, 0.1) is 5.41 Å². The maximum Gasteiger partial charge on any atom is 0.227 e. The summed E-state index contributed by atoms with van der Waals surface area (Å²) in [5, 5.41) is 12.4. The second-order valence-electron chi connectivity index (χ2n) is 5.69. The molecule has 0 aliphatic carbocycles. The largest absolute Gasteiger partial charge is 0.389 e. The third-order valence-corrected chi connectivity index (χ3v) is 4.73. The van der Waals surface area contributed by atoms with Gasteiger partial charge < -0.3 is 15.3 Å². The van der Waals surface area contributed by atoms with Gasteiger partial charge in [-0.1, -0.05) is 22.0 Å². The number of aliphatic hydroxyl groups is 1. The van der Waals surface area contributed by atoms with Crippen LogP contribution in [0.1, 0.15) is 31.9 Å². The normalized spacial score (nSPS) is 23.8. The highest BCUT2D eigenvalue weighted by atomic mass is 79.9. The third-order valence-electron chi connectivity index (χ3n) is 4.05. The fraction of sp³-hybridized carbons (Fsp3) is 0.533. The summed E-state index contributed by atoms with van der Waals surface area (Å²) in [7, 11) is 1.68. The van der Waals surface area contributed by atoms with E-state index in [9.17, 15) is 9.90 Å². The second-order valence-corrected chi connectivity index (χ2v) is 6.55. The van der Waals surface area contributed by atoms with Gasteiger partial charge in [-0.05, 0) is 38.0 Å². The number of benzene rings is 1. The topological polar surface area (TPSA) is 52.6 Å². The molecule has 2 rings (SSSR count). The predicted molar refractivity (Wildman–Crippen MR) is 83.8 cm³/mol. The van der Waals surface area contributed by atoms with Crippen molar-refractivity contribution in [1.29, 1.82) is 0 Å². The zero-order valence-corrected chi connectivity index (χ0v) is 13.7. The second kappa shape index (κ2) is 5.74. The number of carbonyl (C=O) groups excluding carboxylic acids is 1. The minimum absolute atomic E-state index is 0.0969. The Kier molecular flexibility index (Phi) is 4.39. The molecule has 1 heterocycles. The van der Waals surface area contributed by atoms with E-state index in [4.69, 9.17) is 0 Å². The highest BCUT2D eigenvalue weighted by molar-refractivity contribution is 9.10. The van der Waals surface area contributed by atoms with Gasteiger partial charge in [-0.25, -0.2) is 0 Å². The number of anilines is 1. The molecule has 5 heteroatoms. The summed E-state index contributed by atoms with van der Waals surface area (Å²) in [6, 6.07) is 5.94. The van der Waals surface area contributed by atoms with Crippen molar-refractivity contribution in [3.63, 3.8) is 0 Å². The minimum Gasteiger partial charge on any atom is -0.389 e. The Balaban J connectivity index is 2.19. The first kappa shape index (κ1) is 15.3. The molecule has 0 radical (unpaired) electrons. The predicted octanol–water partition coefficient (Wildman–Crippen LogP) is 2.46. The molecule has 1 amide bonds. The summed E-state index contributed by atoms with van der Waals surface area (Å²) in [5.74, 6) is 0.0969. The maximum atomic E-state index is 11.9. The molecular weight excluding hydrogens is 320 g/mol. The van der Waals surface area contributed by atoms with Crippen molar-refractivity contribution in [3.8, 4) is 0 Å². The molecule has 110 valence electrons. The van der Waals surface area contributed by atoms with Crippen LogP contribution in [0.5, 0.6) is 0 Å². The van der Waals surface area contributed by atoms with E-state index in [0.29, 0.717) is 6.54 Å². The fourth-order valence-electron chi connectivity index (χ4n) is 2.72. The smallest absolute Gasteiger partial charge is 0.227 e. The zero-order chi connectivity index (χ0) is 14.9. The van der Waals surface area contributed by atoms with Crippen molar-refractivity contribution in [1.82, 2.24) is 5.32 Å². The van der Waals surface area contributed by atoms with E-state index in [1.165, 1.54) is 0 Å².